The smallest absolute Gasteiger partial charge is 0.0914 e. The van der Waals surface area contributed by atoms with Gasteiger partial charge >= 0.3 is 0 Å². The van der Waals surface area contributed by atoms with Crippen LogP contribution in [0.2, 0.25) is 0 Å². The molecule has 18 heavy (non-hydrogen) atoms. The highest BCUT2D eigenvalue weighted by molar-refractivity contribution is 5.17. The molecule has 1 atom stereocenters. The lowest BCUT2D eigenvalue weighted by molar-refractivity contribution is 0.174. The summed E-state index contributed by atoms with van der Waals surface area (Å²) in [5, 5.41) is 17.4. The largest absolute Gasteiger partial charge is 0.387 e. The van der Waals surface area contributed by atoms with Gasteiger partial charge in [-0.3, -0.25) is 4.68 Å². The van der Waals surface area contributed by atoms with Gasteiger partial charge in [0, 0.05) is 19.3 Å². The van der Waals surface area contributed by atoms with Crippen molar-refractivity contribution in [2.75, 3.05) is 13.1 Å². The van der Waals surface area contributed by atoms with Gasteiger partial charge in [0.2, 0.25) is 0 Å². The molecule has 0 aliphatic rings. The molecule has 0 aliphatic carbocycles. The molecule has 2 aromatic rings. The van der Waals surface area contributed by atoms with E-state index in [-0.39, 0.29) is 0 Å². The summed E-state index contributed by atoms with van der Waals surface area (Å²) >= 11 is 0. The lowest BCUT2D eigenvalue weighted by atomic mass is 10.1. The third-order valence-electron chi connectivity index (χ3n) is 2.80. The monoisotopic (exact) mass is 245 g/mol. The van der Waals surface area contributed by atoms with Crippen LogP contribution in [0.15, 0.2) is 42.7 Å². The molecule has 0 aliphatic heterocycles. The number of aliphatic hydroxyl groups is 1. The fraction of sp³-hybridized carbons (Fsp3) is 0.357. The van der Waals surface area contributed by atoms with Crippen molar-refractivity contribution >= 4 is 0 Å². The van der Waals surface area contributed by atoms with Crippen molar-refractivity contribution in [1.29, 1.82) is 0 Å². The summed E-state index contributed by atoms with van der Waals surface area (Å²) in [6, 6.07) is 9.69. The minimum Gasteiger partial charge on any atom is -0.387 e. The Hall–Kier alpha value is -1.65. The molecule has 0 amide bonds. The number of nitrogens with zero attached hydrogens (tertiary/aromatic N) is 2. The van der Waals surface area contributed by atoms with Gasteiger partial charge in [-0.1, -0.05) is 30.3 Å². The Morgan fingerprint density at radius 2 is 2.11 bits per heavy atom. The SMILES string of the molecule is Cc1cnn(CCNCC(O)c2ccccc2)c1. The highest BCUT2D eigenvalue weighted by atomic mass is 16.3. The summed E-state index contributed by atoms with van der Waals surface area (Å²) in [7, 11) is 0. The van der Waals surface area contributed by atoms with E-state index < -0.39 is 6.10 Å². The second-order valence-corrected chi connectivity index (χ2v) is 4.41. The molecule has 0 spiro atoms. The summed E-state index contributed by atoms with van der Waals surface area (Å²) in [4.78, 5) is 0. The van der Waals surface area contributed by atoms with Crippen LogP contribution in [0, 0.1) is 6.92 Å². The zero-order valence-electron chi connectivity index (χ0n) is 10.6. The van der Waals surface area contributed by atoms with Crippen molar-refractivity contribution < 1.29 is 5.11 Å². The summed E-state index contributed by atoms with van der Waals surface area (Å²) in [5.74, 6) is 0. The lowest BCUT2D eigenvalue weighted by Gasteiger charge is -2.12. The van der Waals surface area contributed by atoms with Crippen LogP contribution >= 0.6 is 0 Å². The van der Waals surface area contributed by atoms with E-state index in [1.807, 2.05) is 54.3 Å². The number of hydrogen-bond acceptors (Lipinski definition) is 3. The zero-order chi connectivity index (χ0) is 12.8. The number of hydrogen-bond donors (Lipinski definition) is 2. The predicted octanol–water partition coefficient (Wildman–Crippen LogP) is 1.51. The Morgan fingerprint density at radius 1 is 1.33 bits per heavy atom. The second-order valence-electron chi connectivity index (χ2n) is 4.41. The van der Waals surface area contributed by atoms with Crippen molar-refractivity contribution in [2.45, 2.75) is 19.6 Å². The first-order chi connectivity index (χ1) is 8.75. The Morgan fingerprint density at radius 3 is 2.78 bits per heavy atom. The molecule has 0 saturated heterocycles. The Labute approximate surface area is 107 Å². The molecule has 0 fully saturated rings. The van der Waals surface area contributed by atoms with Gasteiger partial charge < -0.3 is 10.4 Å². The van der Waals surface area contributed by atoms with Gasteiger partial charge in [0.05, 0.1) is 18.8 Å². The van der Waals surface area contributed by atoms with Gasteiger partial charge in [0.15, 0.2) is 0 Å². The van der Waals surface area contributed by atoms with Gasteiger partial charge in [-0.25, -0.2) is 0 Å². The Bertz CT molecular complexity index is 467. The van der Waals surface area contributed by atoms with Gasteiger partial charge in [-0.15, -0.1) is 0 Å². The number of nitrogens with one attached hydrogen (secondary N) is 1. The minimum atomic E-state index is -0.453. The average Bonchev–Trinajstić information content (AvgIpc) is 2.81. The van der Waals surface area contributed by atoms with E-state index in [0.29, 0.717) is 6.54 Å². The maximum atomic E-state index is 9.94. The van der Waals surface area contributed by atoms with E-state index in [0.717, 1.165) is 18.7 Å². The summed E-state index contributed by atoms with van der Waals surface area (Å²) in [6.45, 7) is 4.20. The average molecular weight is 245 g/mol. The van der Waals surface area contributed by atoms with Gasteiger partial charge in [-0.2, -0.15) is 5.10 Å². The predicted molar refractivity (Wildman–Crippen MR) is 71.2 cm³/mol. The minimum absolute atomic E-state index is 0.453. The first-order valence-corrected chi connectivity index (χ1v) is 6.18. The molecule has 0 saturated carbocycles. The molecule has 1 aromatic heterocycles. The molecule has 2 N–H and O–H groups in total. The third kappa shape index (κ3) is 3.68. The van der Waals surface area contributed by atoms with Crippen LogP contribution in [-0.4, -0.2) is 28.0 Å². The lowest BCUT2D eigenvalue weighted by Crippen LogP contribution is -2.25. The normalized spacial score (nSPS) is 12.6. The van der Waals surface area contributed by atoms with Crippen molar-refractivity contribution in [3.63, 3.8) is 0 Å². The van der Waals surface area contributed by atoms with E-state index in [9.17, 15) is 5.11 Å². The fourth-order valence-corrected chi connectivity index (χ4v) is 1.81. The van der Waals surface area contributed by atoms with Crippen molar-refractivity contribution in [2.24, 2.45) is 0 Å². The van der Waals surface area contributed by atoms with Gasteiger partial charge in [-0.05, 0) is 18.1 Å². The molecule has 96 valence electrons. The Kier molecular flexibility index (Phi) is 4.50. The van der Waals surface area contributed by atoms with Crippen LogP contribution in [0.3, 0.4) is 0 Å². The van der Waals surface area contributed by atoms with Crippen LogP contribution in [-0.2, 0) is 6.54 Å². The molecule has 0 radical (unpaired) electrons. The first kappa shape index (κ1) is 12.8. The van der Waals surface area contributed by atoms with E-state index >= 15 is 0 Å². The highest BCUT2D eigenvalue weighted by Crippen LogP contribution is 2.10. The molecule has 1 unspecified atom stereocenters. The van der Waals surface area contributed by atoms with Gasteiger partial charge in [0.25, 0.3) is 0 Å². The number of aromatic nitrogens is 2. The number of rotatable bonds is 6. The van der Waals surface area contributed by atoms with Crippen molar-refractivity contribution in [3.05, 3.63) is 53.9 Å². The number of aryl methyl sites for hydroxylation is 1. The van der Waals surface area contributed by atoms with E-state index in [1.54, 1.807) is 0 Å². The molecule has 4 heteroatoms. The number of benzene rings is 1. The molecule has 1 heterocycles. The molecule has 2 rings (SSSR count). The maximum Gasteiger partial charge on any atom is 0.0914 e. The van der Waals surface area contributed by atoms with Crippen LogP contribution in [0.25, 0.3) is 0 Å². The molecule has 0 bridgehead atoms. The van der Waals surface area contributed by atoms with Crippen LogP contribution in [0.4, 0.5) is 0 Å². The van der Waals surface area contributed by atoms with Gasteiger partial charge in [0.1, 0.15) is 0 Å². The van der Waals surface area contributed by atoms with E-state index in [4.69, 9.17) is 0 Å². The molecule has 1 aromatic carbocycles. The van der Waals surface area contributed by atoms with Crippen LogP contribution in [0.5, 0.6) is 0 Å². The topological polar surface area (TPSA) is 50.1 Å². The van der Waals surface area contributed by atoms with E-state index in [1.165, 1.54) is 5.56 Å². The standard InChI is InChI=1S/C14H19N3O/c1-12-9-16-17(11-12)8-7-15-10-14(18)13-5-3-2-4-6-13/h2-6,9,11,14-15,18H,7-8,10H2,1H3. The Balaban J connectivity index is 1.69. The maximum absolute atomic E-state index is 9.94. The summed E-state index contributed by atoms with van der Waals surface area (Å²) in [5.41, 5.74) is 2.11. The van der Waals surface area contributed by atoms with Crippen LogP contribution in [0.1, 0.15) is 17.2 Å². The highest BCUT2D eigenvalue weighted by Gasteiger charge is 2.05. The number of aliphatic hydroxyl groups excluding tert-OH is 1. The van der Waals surface area contributed by atoms with E-state index in [2.05, 4.69) is 10.4 Å². The fourth-order valence-electron chi connectivity index (χ4n) is 1.81. The quantitative estimate of drug-likeness (QED) is 0.759. The summed E-state index contributed by atoms with van der Waals surface area (Å²) < 4.78 is 1.90. The van der Waals surface area contributed by atoms with Crippen molar-refractivity contribution in [1.82, 2.24) is 15.1 Å². The molecular weight excluding hydrogens is 226 g/mol. The van der Waals surface area contributed by atoms with Crippen LogP contribution < -0.4 is 5.32 Å². The third-order valence-corrected chi connectivity index (χ3v) is 2.80. The summed E-state index contributed by atoms with van der Waals surface area (Å²) in [6.07, 6.45) is 3.40. The zero-order valence-corrected chi connectivity index (χ0v) is 10.6. The van der Waals surface area contributed by atoms with Crippen molar-refractivity contribution in [3.8, 4) is 0 Å². The molecular formula is C14H19N3O. The second kappa shape index (κ2) is 6.33. The molecule has 4 nitrogen and oxygen atoms in total. The first-order valence-electron chi connectivity index (χ1n) is 6.18.